The predicted octanol–water partition coefficient (Wildman–Crippen LogP) is 0.728. The lowest BCUT2D eigenvalue weighted by Gasteiger charge is -2.22. The lowest BCUT2D eigenvalue weighted by atomic mass is 10.2. The second kappa shape index (κ2) is 8.68. The molecular weight excluding hydrogens is 434 g/mol. The summed E-state index contributed by atoms with van der Waals surface area (Å²) in [6.07, 6.45) is 4.08. The molecule has 12 heteroatoms. The monoisotopic (exact) mass is 455 g/mol. The molecule has 0 saturated carbocycles. The third-order valence-corrected chi connectivity index (χ3v) is 7.08. The first-order chi connectivity index (χ1) is 14.1. The summed E-state index contributed by atoms with van der Waals surface area (Å²) in [5.41, 5.74) is 0. The summed E-state index contributed by atoms with van der Waals surface area (Å²) in [5.74, 6) is 0.206. The zero-order valence-corrected chi connectivity index (χ0v) is 17.9. The first-order valence-electron chi connectivity index (χ1n) is 8.85. The Labute approximate surface area is 174 Å². The highest BCUT2D eigenvalue weighted by Gasteiger charge is 2.45. The number of hydrogen-bond acceptors (Lipinski definition) is 8. The highest BCUT2D eigenvalue weighted by Crippen LogP contribution is 2.29. The number of carbonyl (C=O) groups is 1. The Balaban J connectivity index is 1.83. The lowest BCUT2D eigenvalue weighted by Crippen LogP contribution is -2.41. The SMILES string of the molecule is COC(=O)[C@H]1C[C@H](NS(C)(=O)=O)CN1S(=O)(=O)c1ccc(Oc2ccncc2)cc1. The van der Waals surface area contributed by atoms with Crippen molar-refractivity contribution in [2.24, 2.45) is 0 Å². The van der Waals surface area contributed by atoms with Gasteiger partial charge in [0.1, 0.15) is 17.5 Å². The summed E-state index contributed by atoms with van der Waals surface area (Å²) >= 11 is 0. The van der Waals surface area contributed by atoms with Gasteiger partial charge in [0, 0.05) is 25.0 Å². The smallest absolute Gasteiger partial charge is 0.324 e. The van der Waals surface area contributed by atoms with Crippen molar-refractivity contribution in [3.8, 4) is 11.5 Å². The molecule has 2 heterocycles. The molecule has 0 bridgehead atoms. The molecule has 1 aromatic heterocycles. The van der Waals surface area contributed by atoms with Crippen molar-refractivity contribution in [3.63, 3.8) is 0 Å². The van der Waals surface area contributed by atoms with Gasteiger partial charge in [-0.25, -0.2) is 21.6 Å². The van der Waals surface area contributed by atoms with Crippen molar-refractivity contribution in [1.82, 2.24) is 14.0 Å². The number of nitrogens with one attached hydrogen (secondary N) is 1. The zero-order valence-electron chi connectivity index (χ0n) is 16.3. The average Bonchev–Trinajstić information content (AvgIpc) is 3.11. The van der Waals surface area contributed by atoms with Crippen LogP contribution in [0.15, 0.2) is 53.7 Å². The van der Waals surface area contributed by atoms with Gasteiger partial charge < -0.3 is 9.47 Å². The number of rotatable bonds is 7. The topological polar surface area (TPSA) is 132 Å². The standard InChI is InChI=1S/C18H21N3O7S2/c1-27-18(22)17-11-13(20-29(2,23)24)12-21(17)30(25,26)16-5-3-14(4-6-16)28-15-7-9-19-10-8-15/h3-10,13,17,20H,11-12H2,1-2H3/t13-,17+/m0/s1. The highest BCUT2D eigenvalue weighted by atomic mass is 32.2. The van der Waals surface area contributed by atoms with Crippen LogP contribution in [0.4, 0.5) is 0 Å². The molecule has 1 fully saturated rings. The molecule has 0 spiro atoms. The van der Waals surface area contributed by atoms with Crippen LogP contribution < -0.4 is 9.46 Å². The number of ether oxygens (including phenoxy) is 2. The molecule has 1 aromatic carbocycles. The molecular formula is C18H21N3O7S2. The predicted molar refractivity (Wildman–Crippen MR) is 107 cm³/mol. The fourth-order valence-corrected chi connectivity index (χ4v) is 5.58. The average molecular weight is 456 g/mol. The van der Waals surface area contributed by atoms with E-state index >= 15 is 0 Å². The summed E-state index contributed by atoms with van der Waals surface area (Å²) in [5, 5.41) is 0. The van der Waals surface area contributed by atoms with Gasteiger partial charge in [0.2, 0.25) is 20.0 Å². The van der Waals surface area contributed by atoms with Gasteiger partial charge in [0.05, 0.1) is 18.3 Å². The van der Waals surface area contributed by atoms with E-state index in [1.807, 2.05) is 0 Å². The molecule has 1 saturated heterocycles. The number of aromatic nitrogens is 1. The maximum atomic E-state index is 13.1. The van der Waals surface area contributed by atoms with Crippen molar-refractivity contribution in [3.05, 3.63) is 48.8 Å². The summed E-state index contributed by atoms with van der Waals surface area (Å²) < 4.78 is 63.0. The summed E-state index contributed by atoms with van der Waals surface area (Å²) in [6, 6.07) is 7.14. The third-order valence-electron chi connectivity index (χ3n) is 4.43. The van der Waals surface area contributed by atoms with Gasteiger partial charge in [-0.1, -0.05) is 0 Å². The second-order valence-electron chi connectivity index (χ2n) is 6.69. The van der Waals surface area contributed by atoms with Crippen LogP contribution in [0.2, 0.25) is 0 Å². The van der Waals surface area contributed by atoms with Gasteiger partial charge in [-0.2, -0.15) is 4.31 Å². The van der Waals surface area contributed by atoms with E-state index < -0.39 is 38.1 Å². The van der Waals surface area contributed by atoms with Gasteiger partial charge in [-0.15, -0.1) is 0 Å². The maximum absolute atomic E-state index is 13.1. The Morgan fingerprint density at radius 1 is 1.07 bits per heavy atom. The van der Waals surface area contributed by atoms with Crippen molar-refractivity contribution < 1.29 is 31.1 Å². The minimum atomic E-state index is -4.09. The van der Waals surface area contributed by atoms with Crippen molar-refractivity contribution in [2.75, 3.05) is 19.9 Å². The number of sulfonamides is 2. The Morgan fingerprint density at radius 3 is 2.23 bits per heavy atom. The van der Waals surface area contributed by atoms with Crippen LogP contribution in [0.3, 0.4) is 0 Å². The summed E-state index contributed by atoms with van der Waals surface area (Å²) in [6.45, 7) is -0.190. The number of nitrogens with zero attached hydrogens (tertiary/aromatic N) is 2. The number of carbonyl (C=O) groups excluding carboxylic acids is 1. The first-order valence-corrected chi connectivity index (χ1v) is 12.2. The van der Waals surface area contributed by atoms with E-state index in [-0.39, 0.29) is 17.9 Å². The molecule has 10 nitrogen and oxygen atoms in total. The van der Waals surface area contributed by atoms with E-state index in [0.29, 0.717) is 11.5 Å². The van der Waals surface area contributed by atoms with Gasteiger partial charge in [-0.05, 0) is 42.8 Å². The Bertz CT molecular complexity index is 1100. The molecule has 1 aliphatic rings. The third kappa shape index (κ3) is 5.14. The van der Waals surface area contributed by atoms with Crippen molar-refractivity contribution in [2.45, 2.75) is 23.4 Å². The lowest BCUT2D eigenvalue weighted by molar-refractivity contribution is -0.144. The van der Waals surface area contributed by atoms with Crippen LogP contribution in [0.1, 0.15) is 6.42 Å². The van der Waals surface area contributed by atoms with E-state index in [0.717, 1.165) is 17.7 Å². The molecule has 0 unspecified atom stereocenters. The van der Waals surface area contributed by atoms with Crippen LogP contribution >= 0.6 is 0 Å². The van der Waals surface area contributed by atoms with Crippen LogP contribution in [0.5, 0.6) is 11.5 Å². The molecule has 3 rings (SSSR count). The van der Waals surface area contributed by atoms with Gasteiger partial charge in [0.25, 0.3) is 0 Å². The van der Waals surface area contributed by atoms with Crippen LogP contribution in [0.25, 0.3) is 0 Å². The fraction of sp³-hybridized carbons (Fsp3) is 0.333. The largest absolute Gasteiger partial charge is 0.468 e. The van der Waals surface area contributed by atoms with Gasteiger partial charge >= 0.3 is 5.97 Å². The molecule has 0 radical (unpaired) electrons. The maximum Gasteiger partial charge on any atom is 0.324 e. The van der Waals surface area contributed by atoms with Crippen molar-refractivity contribution >= 4 is 26.0 Å². The Morgan fingerprint density at radius 2 is 1.67 bits per heavy atom. The molecule has 2 aromatic rings. The Kier molecular flexibility index (Phi) is 6.41. The summed E-state index contributed by atoms with van der Waals surface area (Å²) in [4.78, 5) is 16.0. The number of esters is 1. The first kappa shape index (κ1) is 22.2. The Hall–Kier alpha value is -2.54. The molecule has 2 atom stereocenters. The molecule has 30 heavy (non-hydrogen) atoms. The molecule has 0 amide bonds. The minimum absolute atomic E-state index is 0.0256. The second-order valence-corrected chi connectivity index (χ2v) is 10.4. The highest BCUT2D eigenvalue weighted by molar-refractivity contribution is 7.89. The zero-order chi connectivity index (χ0) is 21.9. The van der Waals surface area contributed by atoms with E-state index in [1.54, 1.807) is 24.5 Å². The van der Waals surface area contributed by atoms with Gasteiger partial charge in [-0.3, -0.25) is 9.78 Å². The quantitative estimate of drug-likeness (QED) is 0.604. The van der Waals surface area contributed by atoms with Gasteiger partial charge in [0.15, 0.2) is 0 Å². The van der Waals surface area contributed by atoms with Crippen LogP contribution in [-0.4, -0.2) is 64.1 Å². The van der Waals surface area contributed by atoms with E-state index in [4.69, 9.17) is 9.47 Å². The van der Waals surface area contributed by atoms with Crippen molar-refractivity contribution in [1.29, 1.82) is 0 Å². The molecule has 0 aliphatic carbocycles. The summed E-state index contributed by atoms with van der Waals surface area (Å²) in [7, 11) is -6.52. The number of pyridine rings is 1. The minimum Gasteiger partial charge on any atom is -0.468 e. The number of benzene rings is 1. The molecule has 1 N–H and O–H groups in total. The number of hydrogen-bond donors (Lipinski definition) is 1. The van der Waals surface area contributed by atoms with E-state index in [2.05, 4.69) is 9.71 Å². The molecule has 1 aliphatic heterocycles. The van der Waals surface area contributed by atoms with E-state index in [1.165, 1.54) is 24.3 Å². The molecule has 162 valence electrons. The normalized spacial score (nSPS) is 20.1. The fourth-order valence-electron chi connectivity index (χ4n) is 3.17. The van der Waals surface area contributed by atoms with E-state index in [9.17, 15) is 21.6 Å². The van der Waals surface area contributed by atoms with Crippen LogP contribution in [0, 0.1) is 0 Å². The number of methoxy groups -OCH3 is 1. The van der Waals surface area contributed by atoms with Crippen LogP contribution in [-0.2, 0) is 29.6 Å².